The first kappa shape index (κ1) is 54.5. The summed E-state index contributed by atoms with van der Waals surface area (Å²) in [7, 11) is -5.72. The van der Waals surface area contributed by atoms with Gasteiger partial charge >= 0.3 is 5.97 Å². The van der Waals surface area contributed by atoms with E-state index in [9.17, 15) is 36.4 Å². The van der Waals surface area contributed by atoms with Gasteiger partial charge < -0.3 is 38.9 Å². The smallest absolute Gasteiger partial charge is 0.333 e. The number of carbonyl (C=O) groups excluding carboxylic acids is 1. The molecule has 3 aliphatic rings. The fourth-order valence-corrected chi connectivity index (χ4v) is 10.6. The van der Waals surface area contributed by atoms with Crippen LogP contribution in [0.2, 0.25) is 0 Å². The van der Waals surface area contributed by atoms with Gasteiger partial charge in [0, 0.05) is 84.8 Å². The van der Waals surface area contributed by atoms with Crippen molar-refractivity contribution in [2.24, 2.45) is 0 Å². The van der Waals surface area contributed by atoms with Crippen LogP contribution >= 0.6 is 0 Å². The van der Waals surface area contributed by atoms with Crippen LogP contribution in [0.1, 0.15) is 75.6 Å². The summed E-state index contributed by atoms with van der Waals surface area (Å²) in [4.78, 5) is 20.2. The standard InChI is InChI=1S/C54H63N3O14S2/c1-38-37-53(2,3)56(26-27-68-30-31-69-29-28-66-5)46-36-48-43(35-42(38)46)40(33-47(70-48)39-15-9-7-10-16-39)17-11-8-12-18-49-54(4,24-13-19-52(60)71-57-50(58)22-23-51(57)59)44-34-41(73(63,64)65)20-21-45(44)55(49)25-14-32-72(61,62)67-6/h7-12,15-18,20-23,33-37H,13-14,19,24-32H2,1-6H3,(H2-,58,59,63,64,65)/p+1. The van der Waals surface area contributed by atoms with Crippen LogP contribution in [0, 0.1) is 0 Å². The maximum atomic E-state index is 13.0. The van der Waals surface area contributed by atoms with Crippen molar-refractivity contribution in [1.29, 1.82) is 0 Å². The summed E-state index contributed by atoms with van der Waals surface area (Å²) in [5.41, 5.74) is 6.37. The van der Waals surface area contributed by atoms with Gasteiger partial charge in [-0.05, 0) is 76.0 Å². The minimum Gasteiger partial charge on any atom is -0.492 e. The molecule has 390 valence electrons. The number of carbonyl (C=O) groups is 1. The number of methoxy groups -OCH3 is 1. The summed E-state index contributed by atoms with van der Waals surface area (Å²) in [5, 5.41) is 20.0. The molecule has 0 aliphatic carbocycles. The number of nitrogens with zero attached hydrogens (tertiary/aromatic N) is 3. The molecule has 7 rings (SSSR count). The van der Waals surface area contributed by atoms with Gasteiger partial charge in [0.25, 0.3) is 20.2 Å². The monoisotopic (exact) mass is 1040 g/mol. The highest BCUT2D eigenvalue weighted by molar-refractivity contribution is 7.86. The van der Waals surface area contributed by atoms with Crippen molar-refractivity contribution in [3.63, 3.8) is 0 Å². The van der Waals surface area contributed by atoms with E-state index in [1.807, 2.05) is 78.3 Å². The van der Waals surface area contributed by atoms with E-state index in [2.05, 4.69) is 43.9 Å². The summed E-state index contributed by atoms with van der Waals surface area (Å²) in [6, 6.07) is 20.7. The fourth-order valence-electron chi connectivity index (χ4n) is 9.47. The van der Waals surface area contributed by atoms with Crippen LogP contribution in [0.5, 0.6) is 17.5 Å². The molecule has 0 radical (unpaired) electrons. The lowest BCUT2D eigenvalue weighted by Crippen LogP contribution is -2.46. The van der Waals surface area contributed by atoms with Crippen molar-refractivity contribution in [1.82, 2.24) is 4.73 Å². The first-order valence-corrected chi connectivity index (χ1v) is 26.9. The number of fused-ring (bicyclic) bond motifs is 3. The van der Waals surface area contributed by atoms with Crippen LogP contribution in [0.3, 0.4) is 0 Å². The Morgan fingerprint density at radius 2 is 1.55 bits per heavy atom. The molecule has 1 aromatic heterocycles. The molecule has 17 nitrogen and oxygen atoms in total. The minimum absolute atomic E-state index is 0.144. The lowest BCUT2D eigenvalue weighted by Gasteiger charge is -2.44. The van der Waals surface area contributed by atoms with E-state index in [4.69, 9.17) is 28.0 Å². The van der Waals surface area contributed by atoms with Gasteiger partial charge in [-0.3, -0.25) is 8.74 Å². The van der Waals surface area contributed by atoms with E-state index in [1.165, 1.54) is 24.3 Å². The van der Waals surface area contributed by atoms with E-state index < -0.39 is 43.4 Å². The Balaban J connectivity index is 1.22. The normalized spacial score (nSPS) is 18.0. The molecule has 0 spiro atoms. The van der Waals surface area contributed by atoms with E-state index in [1.54, 1.807) is 13.2 Å². The number of aromatic nitrogens is 1. The summed E-state index contributed by atoms with van der Waals surface area (Å²) in [5.74, 6) is -0.622. The Hall–Kier alpha value is -6.32. The molecule has 0 bridgehead atoms. The van der Waals surface area contributed by atoms with E-state index in [0.717, 1.165) is 40.6 Å². The number of aromatic hydroxyl groups is 2. The molecule has 3 aliphatic heterocycles. The van der Waals surface area contributed by atoms with Crippen molar-refractivity contribution in [3.05, 3.63) is 138 Å². The molecule has 73 heavy (non-hydrogen) atoms. The Labute approximate surface area is 427 Å². The number of hydrogen-bond acceptors (Lipinski definition) is 14. The predicted molar refractivity (Wildman–Crippen MR) is 278 cm³/mol. The number of rotatable bonds is 24. The fraction of sp³-hybridized carbons (Fsp3) is 0.370. The molecule has 4 aromatic rings. The van der Waals surface area contributed by atoms with Gasteiger partial charge in [-0.2, -0.15) is 21.4 Å². The summed E-state index contributed by atoms with van der Waals surface area (Å²) >= 11 is 0. The lowest BCUT2D eigenvalue weighted by atomic mass is 9.75. The number of benzene rings is 3. The van der Waals surface area contributed by atoms with Crippen molar-refractivity contribution in [3.8, 4) is 17.5 Å². The van der Waals surface area contributed by atoms with Crippen LogP contribution < -0.4 is 14.5 Å². The van der Waals surface area contributed by atoms with Gasteiger partial charge in [0.05, 0.1) is 61.7 Å². The molecule has 19 heteroatoms. The third-order valence-corrected chi connectivity index (χ3v) is 15.2. The summed E-state index contributed by atoms with van der Waals surface area (Å²) < 4.78 is 90.6. The minimum atomic E-state index is -4.64. The van der Waals surface area contributed by atoms with Crippen molar-refractivity contribution in [2.45, 2.75) is 69.2 Å². The van der Waals surface area contributed by atoms with E-state index >= 15 is 0 Å². The molecule has 0 saturated carbocycles. The van der Waals surface area contributed by atoms with E-state index in [0.29, 0.717) is 72.8 Å². The lowest BCUT2D eigenvalue weighted by molar-refractivity contribution is -0.437. The number of anilines is 1. The molecule has 1 unspecified atom stereocenters. The Kier molecular flexibility index (Phi) is 17.4. The van der Waals surface area contributed by atoms with Crippen LogP contribution in [0.15, 0.2) is 120 Å². The summed E-state index contributed by atoms with van der Waals surface area (Å²) in [6.07, 6.45) is 14.2. The molecule has 0 fully saturated rings. The molecular formula is C54H64N3O14S2+. The Morgan fingerprint density at radius 1 is 0.836 bits per heavy atom. The molecule has 4 heterocycles. The average Bonchev–Trinajstić information content (AvgIpc) is 3.78. The largest absolute Gasteiger partial charge is 0.492 e. The topological polar surface area (TPSA) is 213 Å². The van der Waals surface area contributed by atoms with Gasteiger partial charge in [-0.15, -0.1) is 4.73 Å². The second-order valence-corrected chi connectivity index (χ2v) is 21.8. The quantitative estimate of drug-likeness (QED) is 0.0199. The Morgan fingerprint density at radius 3 is 2.25 bits per heavy atom. The Bertz CT molecular complexity index is 3080. The number of ether oxygens (including phenoxy) is 4. The van der Waals surface area contributed by atoms with Gasteiger partial charge in [0.2, 0.25) is 17.4 Å². The number of hydrogen-bond donors (Lipinski definition) is 3. The van der Waals surface area contributed by atoms with Crippen LogP contribution in [-0.4, -0.2) is 124 Å². The molecule has 0 amide bonds. The molecular weight excluding hydrogens is 979 g/mol. The first-order valence-electron chi connectivity index (χ1n) is 23.9. The third-order valence-electron chi connectivity index (χ3n) is 13.1. The zero-order chi connectivity index (χ0) is 52.6. The summed E-state index contributed by atoms with van der Waals surface area (Å²) in [6.45, 7) is 11.7. The third kappa shape index (κ3) is 12.9. The van der Waals surface area contributed by atoms with Gasteiger partial charge in [0.1, 0.15) is 18.1 Å². The maximum Gasteiger partial charge on any atom is 0.333 e. The van der Waals surface area contributed by atoms with Gasteiger partial charge in [-0.25, -0.2) is 4.79 Å². The second-order valence-electron chi connectivity index (χ2n) is 18.5. The maximum absolute atomic E-state index is 13.0. The zero-order valence-corrected chi connectivity index (χ0v) is 43.6. The highest BCUT2D eigenvalue weighted by atomic mass is 32.2. The molecule has 3 aromatic carbocycles. The van der Waals surface area contributed by atoms with Crippen molar-refractivity contribution >= 4 is 60.2 Å². The van der Waals surface area contributed by atoms with Crippen molar-refractivity contribution in [2.75, 3.05) is 71.0 Å². The second kappa shape index (κ2) is 23.3. The highest BCUT2D eigenvalue weighted by Gasteiger charge is 2.48. The van der Waals surface area contributed by atoms with Crippen molar-refractivity contribution < 1.29 is 68.9 Å². The van der Waals surface area contributed by atoms with Crippen LogP contribution in [0.4, 0.5) is 11.4 Å². The van der Waals surface area contributed by atoms with Crippen LogP contribution in [0.25, 0.3) is 16.9 Å². The first-order chi connectivity index (χ1) is 34.8. The SMILES string of the molecule is COCCOCCOCCN1c2cc3c(cc2C(C)=CC1(C)C)C(=CC=CC=CC1=[N+](CCCS(=O)(=O)OC)c2ccc(S(=O)(=O)O)cc2C1(C)CCCC(=O)On1c(O)ccc1O)C=C(c1ccccc1)O3. The average molecular weight is 1040 g/mol. The molecule has 1 atom stereocenters. The van der Waals surface area contributed by atoms with E-state index in [-0.39, 0.29) is 48.4 Å². The van der Waals surface area contributed by atoms with Crippen LogP contribution in [-0.2, 0) is 48.8 Å². The predicted octanol–water partition coefficient (Wildman–Crippen LogP) is 8.01. The number of allylic oxidation sites excluding steroid dienone is 8. The molecule has 0 saturated heterocycles. The van der Waals surface area contributed by atoms with Gasteiger partial charge in [0.15, 0.2) is 5.71 Å². The zero-order valence-electron chi connectivity index (χ0n) is 41.9. The molecule has 3 N–H and O–H groups in total. The van der Waals surface area contributed by atoms with Gasteiger partial charge in [-0.1, -0.05) is 60.7 Å². The highest BCUT2D eigenvalue weighted by Crippen LogP contribution is 2.47.